The fourth-order valence-electron chi connectivity index (χ4n) is 2.92. The van der Waals surface area contributed by atoms with Crippen LogP contribution in [0.2, 0.25) is 5.02 Å². The van der Waals surface area contributed by atoms with E-state index in [-0.39, 0.29) is 17.7 Å². The van der Waals surface area contributed by atoms with E-state index in [4.69, 9.17) is 16.3 Å². The SMILES string of the molecule is Cc1ccc(OCCN(C)C(=O)C2CC2c2ccccc2Cl)cc1. The molecule has 0 aliphatic heterocycles. The van der Waals surface area contributed by atoms with Gasteiger partial charge in [-0.25, -0.2) is 0 Å². The van der Waals surface area contributed by atoms with Crippen LogP contribution in [0.25, 0.3) is 0 Å². The Morgan fingerprint density at radius 3 is 2.62 bits per heavy atom. The van der Waals surface area contributed by atoms with Gasteiger partial charge in [0.1, 0.15) is 12.4 Å². The average molecular weight is 344 g/mol. The first-order valence-corrected chi connectivity index (χ1v) is 8.63. The zero-order chi connectivity index (χ0) is 17.1. The molecule has 0 N–H and O–H groups in total. The minimum absolute atomic E-state index is 0.0503. The van der Waals surface area contributed by atoms with E-state index < -0.39 is 0 Å². The monoisotopic (exact) mass is 343 g/mol. The van der Waals surface area contributed by atoms with Crippen LogP contribution in [0.4, 0.5) is 0 Å². The molecule has 3 rings (SSSR count). The van der Waals surface area contributed by atoms with Gasteiger partial charge < -0.3 is 9.64 Å². The van der Waals surface area contributed by atoms with Gasteiger partial charge in [0.2, 0.25) is 5.91 Å². The Morgan fingerprint density at radius 1 is 1.21 bits per heavy atom. The lowest BCUT2D eigenvalue weighted by Crippen LogP contribution is -2.32. The predicted molar refractivity (Wildman–Crippen MR) is 96.6 cm³/mol. The van der Waals surface area contributed by atoms with Gasteiger partial charge >= 0.3 is 0 Å². The first kappa shape index (κ1) is 16.8. The summed E-state index contributed by atoms with van der Waals surface area (Å²) in [6, 6.07) is 15.7. The zero-order valence-corrected chi connectivity index (χ0v) is 14.8. The number of carbonyl (C=O) groups excluding carboxylic acids is 1. The van der Waals surface area contributed by atoms with Gasteiger partial charge in [-0.15, -0.1) is 0 Å². The molecule has 0 aromatic heterocycles. The number of halogens is 1. The van der Waals surface area contributed by atoms with Crippen molar-refractivity contribution in [3.63, 3.8) is 0 Å². The lowest BCUT2D eigenvalue weighted by Gasteiger charge is -2.18. The van der Waals surface area contributed by atoms with Gasteiger partial charge in [-0.05, 0) is 43.0 Å². The van der Waals surface area contributed by atoms with Crippen molar-refractivity contribution in [3.05, 3.63) is 64.7 Å². The number of amides is 1. The number of hydrogen-bond acceptors (Lipinski definition) is 2. The van der Waals surface area contributed by atoms with Gasteiger partial charge in [0.25, 0.3) is 0 Å². The summed E-state index contributed by atoms with van der Waals surface area (Å²) in [5.74, 6) is 1.31. The number of likely N-dealkylation sites (N-methyl/N-ethyl adjacent to an activating group) is 1. The smallest absolute Gasteiger partial charge is 0.226 e. The molecule has 126 valence electrons. The molecule has 1 fully saturated rings. The van der Waals surface area contributed by atoms with Crippen molar-refractivity contribution in [1.82, 2.24) is 4.90 Å². The topological polar surface area (TPSA) is 29.5 Å². The second-order valence-corrected chi connectivity index (χ2v) is 6.80. The van der Waals surface area contributed by atoms with Crippen LogP contribution in [0.15, 0.2) is 48.5 Å². The van der Waals surface area contributed by atoms with Gasteiger partial charge in [0, 0.05) is 18.0 Å². The number of nitrogens with zero attached hydrogens (tertiary/aromatic N) is 1. The van der Waals surface area contributed by atoms with Crippen molar-refractivity contribution in [2.24, 2.45) is 5.92 Å². The summed E-state index contributed by atoms with van der Waals surface area (Å²) in [6.07, 6.45) is 0.881. The molecule has 0 bridgehead atoms. The number of rotatable bonds is 6. The van der Waals surface area contributed by atoms with E-state index in [2.05, 4.69) is 0 Å². The standard InChI is InChI=1S/C20H22ClNO2/c1-14-7-9-15(10-8-14)24-12-11-22(2)20(23)18-13-17(18)16-5-3-4-6-19(16)21/h3-10,17-18H,11-13H2,1-2H3. The highest BCUT2D eigenvalue weighted by atomic mass is 35.5. The Morgan fingerprint density at radius 2 is 1.92 bits per heavy atom. The van der Waals surface area contributed by atoms with Crippen LogP contribution in [-0.4, -0.2) is 31.0 Å². The maximum Gasteiger partial charge on any atom is 0.226 e. The third-order valence-corrected chi connectivity index (χ3v) is 4.85. The molecule has 0 heterocycles. The van der Waals surface area contributed by atoms with Crippen molar-refractivity contribution < 1.29 is 9.53 Å². The van der Waals surface area contributed by atoms with Crippen LogP contribution < -0.4 is 4.74 Å². The summed E-state index contributed by atoms with van der Waals surface area (Å²) >= 11 is 6.23. The molecule has 1 aliphatic carbocycles. The van der Waals surface area contributed by atoms with E-state index in [1.807, 2.05) is 62.5 Å². The van der Waals surface area contributed by atoms with Crippen LogP contribution in [0.3, 0.4) is 0 Å². The van der Waals surface area contributed by atoms with Gasteiger partial charge in [-0.3, -0.25) is 4.79 Å². The molecule has 0 radical (unpaired) electrons. The van der Waals surface area contributed by atoms with Crippen molar-refractivity contribution in [2.45, 2.75) is 19.3 Å². The van der Waals surface area contributed by atoms with Crippen molar-refractivity contribution in [2.75, 3.05) is 20.2 Å². The highest BCUT2D eigenvalue weighted by Gasteiger charge is 2.45. The second kappa shape index (κ2) is 7.27. The van der Waals surface area contributed by atoms with Gasteiger partial charge in [0.15, 0.2) is 0 Å². The van der Waals surface area contributed by atoms with Crippen LogP contribution in [0.5, 0.6) is 5.75 Å². The van der Waals surface area contributed by atoms with Gasteiger partial charge in [-0.1, -0.05) is 47.5 Å². The predicted octanol–water partition coefficient (Wildman–Crippen LogP) is 4.29. The van der Waals surface area contributed by atoms with E-state index in [1.165, 1.54) is 5.56 Å². The molecule has 2 aromatic carbocycles. The van der Waals surface area contributed by atoms with E-state index in [1.54, 1.807) is 4.90 Å². The molecule has 0 spiro atoms. The summed E-state index contributed by atoms with van der Waals surface area (Å²) in [7, 11) is 1.84. The van der Waals surface area contributed by atoms with E-state index in [0.717, 1.165) is 22.8 Å². The Kier molecular flexibility index (Phi) is 5.10. The molecule has 1 aliphatic rings. The molecule has 1 amide bonds. The van der Waals surface area contributed by atoms with Gasteiger partial charge in [0.05, 0.1) is 6.54 Å². The molecule has 2 atom stereocenters. The van der Waals surface area contributed by atoms with Crippen LogP contribution >= 0.6 is 11.6 Å². The van der Waals surface area contributed by atoms with E-state index in [9.17, 15) is 4.79 Å². The Labute approximate surface area is 148 Å². The molecule has 24 heavy (non-hydrogen) atoms. The summed E-state index contributed by atoms with van der Waals surface area (Å²) in [4.78, 5) is 14.3. The zero-order valence-electron chi connectivity index (χ0n) is 14.0. The average Bonchev–Trinajstić information content (AvgIpc) is 3.36. The maximum atomic E-state index is 12.5. The Balaban J connectivity index is 1.47. The van der Waals surface area contributed by atoms with Crippen LogP contribution in [0, 0.1) is 12.8 Å². The summed E-state index contributed by atoms with van der Waals surface area (Å²) < 4.78 is 5.70. The molecule has 3 nitrogen and oxygen atoms in total. The Hall–Kier alpha value is -2.00. The number of ether oxygens (including phenoxy) is 1. The minimum Gasteiger partial charge on any atom is -0.492 e. The Bertz CT molecular complexity index is 714. The number of carbonyl (C=O) groups is 1. The first-order valence-electron chi connectivity index (χ1n) is 8.25. The quantitative estimate of drug-likeness (QED) is 0.783. The molecule has 4 heteroatoms. The third kappa shape index (κ3) is 3.90. The molecule has 2 unspecified atom stereocenters. The summed E-state index contributed by atoms with van der Waals surface area (Å²) in [5.41, 5.74) is 2.29. The normalized spacial score (nSPS) is 19.0. The van der Waals surface area contributed by atoms with Crippen molar-refractivity contribution in [1.29, 1.82) is 0 Å². The van der Waals surface area contributed by atoms with Crippen molar-refractivity contribution >= 4 is 17.5 Å². The molecular formula is C20H22ClNO2. The van der Waals surface area contributed by atoms with Crippen LogP contribution in [0.1, 0.15) is 23.5 Å². The first-order chi connectivity index (χ1) is 11.6. The number of hydrogen-bond donors (Lipinski definition) is 0. The van der Waals surface area contributed by atoms with E-state index >= 15 is 0 Å². The largest absolute Gasteiger partial charge is 0.492 e. The molecule has 2 aromatic rings. The fraction of sp³-hybridized carbons (Fsp3) is 0.350. The second-order valence-electron chi connectivity index (χ2n) is 6.39. The highest BCUT2D eigenvalue weighted by Crippen LogP contribution is 2.50. The fourth-order valence-corrected chi connectivity index (χ4v) is 3.19. The summed E-state index contributed by atoms with van der Waals surface area (Å²) in [5, 5.41) is 0.753. The third-order valence-electron chi connectivity index (χ3n) is 4.50. The number of aryl methyl sites for hydroxylation is 1. The molecule has 1 saturated carbocycles. The van der Waals surface area contributed by atoms with Crippen molar-refractivity contribution in [3.8, 4) is 5.75 Å². The number of benzene rings is 2. The summed E-state index contributed by atoms with van der Waals surface area (Å²) in [6.45, 7) is 3.12. The minimum atomic E-state index is 0.0503. The lowest BCUT2D eigenvalue weighted by molar-refractivity contribution is -0.131. The van der Waals surface area contributed by atoms with Crippen LogP contribution in [-0.2, 0) is 4.79 Å². The lowest BCUT2D eigenvalue weighted by atomic mass is 10.1. The maximum absolute atomic E-state index is 12.5. The van der Waals surface area contributed by atoms with E-state index in [0.29, 0.717) is 13.2 Å². The van der Waals surface area contributed by atoms with Gasteiger partial charge in [-0.2, -0.15) is 0 Å². The molecule has 0 saturated heterocycles. The molecular weight excluding hydrogens is 322 g/mol. The highest BCUT2D eigenvalue weighted by molar-refractivity contribution is 6.31.